The Hall–Kier alpha value is -0.770. The van der Waals surface area contributed by atoms with Crippen molar-refractivity contribution in [3.63, 3.8) is 0 Å². The van der Waals surface area contributed by atoms with Crippen LogP contribution in [-0.4, -0.2) is 26.3 Å². The molecule has 0 spiro atoms. The van der Waals surface area contributed by atoms with Gasteiger partial charge in [-0.05, 0) is 43.7 Å². The van der Waals surface area contributed by atoms with Crippen molar-refractivity contribution in [2.24, 2.45) is 5.73 Å². The number of ether oxygens (including phenoxy) is 1. The van der Waals surface area contributed by atoms with Gasteiger partial charge in [-0.1, -0.05) is 11.6 Å². The maximum Gasteiger partial charge on any atom is 0.0664 e. The Morgan fingerprint density at radius 2 is 2.06 bits per heavy atom. The normalized spacial score (nSPS) is 12.4. The van der Waals surface area contributed by atoms with E-state index in [2.05, 4.69) is 5.32 Å². The zero-order valence-electron chi connectivity index (χ0n) is 9.58. The molecule has 1 atom stereocenters. The van der Waals surface area contributed by atoms with E-state index in [0.717, 1.165) is 23.6 Å². The lowest BCUT2D eigenvalue weighted by atomic mass is 10.1. The van der Waals surface area contributed by atoms with Gasteiger partial charge in [-0.3, -0.25) is 0 Å². The molecule has 3 N–H and O–H groups in total. The van der Waals surface area contributed by atoms with Gasteiger partial charge in [0.1, 0.15) is 0 Å². The van der Waals surface area contributed by atoms with E-state index < -0.39 is 0 Å². The molecule has 0 fully saturated rings. The Balaban J connectivity index is 2.49. The Morgan fingerprint density at radius 1 is 1.38 bits per heavy atom. The summed E-state index contributed by atoms with van der Waals surface area (Å²) in [4.78, 5) is 0. The zero-order valence-corrected chi connectivity index (χ0v) is 10.3. The van der Waals surface area contributed by atoms with Gasteiger partial charge in [0.05, 0.1) is 6.61 Å². The standard InChI is InChI=1S/C12H19ClN2O/c1-16-9-12(3-2-8-14)15-11-6-4-10(13)5-7-11/h4-7,12,15H,2-3,8-9,14H2,1H3. The van der Waals surface area contributed by atoms with Crippen molar-refractivity contribution < 1.29 is 4.74 Å². The minimum Gasteiger partial charge on any atom is -0.383 e. The summed E-state index contributed by atoms with van der Waals surface area (Å²) in [7, 11) is 1.71. The van der Waals surface area contributed by atoms with Gasteiger partial charge in [0.15, 0.2) is 0 Å². The summed E-state index contributed by atoms with van der Waals surface area (Å²) >= 11 is 5.82. The molecule has 90 valence electrons. The molecule has 0 aliphatic heterocycles. The smallest absolute Gasteiger partial charge is 0.0664 e. The van der Waals surface area contributed by atoms with Crippen LogP contribution in [0.1, 0.15) is 12.8 Å². The van der Waals surface area contributed by atoms with Gasteiger partial charge in [0, 0.05) is 23.9 Å². The van der Waals surface area contributed by atoms with Crippen LogP contribution in [0.4, 0.5) is 5.69 Å². The molecule has 3 nitrogen and oxygen atoms in total. The van der Waals surface area contributed by atoms with Crippen molar-refractivity contribution in [2.45, 2.75) is 18.9 Å². The molecule has 0 saturated heterocycles. The van der Waals surface area contributed by atoms with E-state index in [1.165, 1.54) is 0 Å². The molecule has 0 heterocycles. The maximum absolute atomic E-state index is 5.82. The summed E-state index contributed by atoms with van der Waals surface area (Å²) in [5.41, 5.74) is 6.56. The first-order valence-electron chi connectivity index (χ1n) is 5.47. The first kappa shape index (κ1) is 13.3. The summed E-state index contributed by atoms with van der Waals surface area (Å²) in [6.45, 7) is 1.39. The summed E-state index contributed by atoms with van der Waals surface area (Å²) in [6.07, 6.45) is 2.00. The second-order valence-corrected chi connectivity index (χ2v) is 4.17. The minimum atomic E-state index is 0.301. The predicted molar refractivity (Wildman–Crippen MR) is 69.0 cm³/mol. The molecule has 0 aliphatic carbocycles. The van der Waals surface area contributed by atoms with Crippen LogP contribution in [-0.2, 0) is 4.74 Å². The first-order chi connectivity index (χ1) is 7.76. The van der Waals surface area contributed by atoms with E-state index in [9.17, 15) is 0 Å². The Morgan fingerprint density at radius 3 is 2.62 bits per heavy atom. The van der Waals surface area contributed by atoms with Crippen LogP contribution in [0.3, 0.4) is 0 Å². The van der Waals surface area contributed by atoms with E-state index >= 15 is 0 Å². The number of anilines is 1. The van der Waals surface area contributed by atoms with E-state index in [-0.39, 0.29) is 0 Å². The summed E-state index contributed by atoms with van der Waals surface area (Å²) in [5.74, 6) is 0. The van der Waals surface area contributed by atoms with Crippen molar-refractivity contribution in [2.75, 3.05) is 25.6 Å². The molecule has 0 aliphatic rings. The minimum absolute atomic E-state index is 0.301. The predicted octanol–water partition coefficient (Wildman–Crippen LogP) is 2.51. The SMILES string of the molecule is COCC(CCCN)Nc1ccc(Cl)cc1. The van der Waals surface area contributed by atoms with E-state index in [0.29, 0.717) is 19.2 Å². The summed E-state index contributed by atoms with van der Waals surface area (Å²) in [5, 5.41) is 4.15. The Bertz CT molecular complexity index is 290. The van der Waals surface area contributed by atoms with Crippen LogP contribution in [0.2, 0.25) is 5.02 Å². The number of rotatable bonds is 7. The van der Waals surface area contributed by atoms with Crippen LogP contribution in [0.25, 0.3) is 0 Å². The highest BCUT2D eigenvalue weighted by Crippen LogP contribution is 2.15. The Labute approximate surface area is 102 Å². The zero-order chi connectivity index (χ0) is 11.8. The van der Waals surface area contributed by atoms with Crippen LogP contribution in [0.15, 0.2) is 24.3 Å². The highest BCUT2D eigenvalue weighted by atomic mass is 35.5. The van der Waals surface area contributed by atoms with Gasteiger partial charge < -0.3 is 15.8 Å². The fourth-order valence-electron chi connectivity index (χ4n) is 1.54. The number of benzene rings is 1. The first-order valence-corrected chi connectivity index (χ1v) is 5.85. The average molecular weight is 243 g/mol. The van der Waals surface area contributed by atoms with Crippen LogP contribution in [0.5, 0.6) is 0 Å². The monoisotopic (exact) mass is 242 g/mol. The fourth-order valence-corrected chi connectivity index (χ4v) is 1.67. The topological polar surface area (TPSA) is 47.3 Å². The number of nitrogens with two attached hydrogens (primary N) is 1. The quantitative estimate of drug-likeness (QED) is 0.773. The summed E-state index contributed by atoms with van der Waals surface area (Å²) < 4.78 is 5.17. The number of halogens is 1. The van der Waals surface area contributed by atoms with Gasteiger partial charge in [-0.25, -0.2) is 0 Å². The van der Waals surface area contributed by atoms with Gasteiger partial charge >= 0.3 is 0 Å². The molecule has 1 aromatic rings. The molecule has 0 aromatic heterocycles. The van der Waals surface area contributed by atoms with Gasteiger partial charge in [-0.2, -0.15) is 0 Å². The number of nitrogens with one attached hydrogen (secondary N) is 1. The van der Waals surface area contributed by atoms with Gasteiger partial charge in [0.25, 0.3) is 0 Å². The molecule has 0 bridgehead atoms. The molecule has 4 heteroatoms. The lowest BCUT2D eigenvalue weighted by Crippen LogP contribution is -2.25. The fraction of sp³-hybridized carbons (Fsp3) is 0.500. The van der Waals surface area contributed by atoms with Crippen molar-refractivity contribution in [1.82, 2.24) is 0 Å². The molecule has 0 radical (unpaired) electrons. The third kappa shape index (κ3) is 4.84. The third-order valence-electron chi connectivity index (χ3n) is 2.34. The van der Waals surface area contributed by atoms with Crippen LogP contribution in [0, 0.1) is 0 Å². The van der Waals surface area contributed by atoms with Gasteiger partial charge in [0.2, 0.25) is 0 Å². The number of hydrogen-bond donors (Lipinski definition) is 2. The molecule has 1 rings (SSSR count). The highest BCUT2D eigenvalue weighted by molar-refractivity contribution is 6.30. The molecular formula is C12H19ClN2O. The highest BCUT2D eigenvalue weighted by Gasteiger charge is 2.07. The summed E-state index contributed by atoms with van der Waals surface area (Å²) in [6, 6.07) is 7.98. The van der Waals surface area contributed by atoms with Crippen molar-refractivity contribution in [3.05, 3.63) is 29.3 Å². The van der Waals surface area contributed by atoms with E-state index in [4.69, 9.17) is 22.1 Å². The lowest BCUT2D eigenvalue weighted by molar-refractivity contribution is 0.182. The third-order valence-corrected chi connectivity index (χ3v) is 2.59. The lowest BCUT2D eigenvalue weighted by Gasteiger charge is -2.18. The van der Waals surface area contributed by atoms with Crippen molar-refractivity contribution >= 4 is 17.3 Å². The number of hydrogen-bond acceptors (Lipinski definition) is 3. The average Bonchev–Trinajstić information content (AvgIpc) is 2.29. The molecule has 1 unspecified atom stereocenters. The van der Waals surface area contributed by atoms with Crippen molar-refractivity contribution in [3.8, 4) is 0 Å². The van der Waals surface area contributed by atoms with E-state index in [1.807, 2.05) is 24.3 Å². The van der Waals surface area contributed by atoms with E-state index in [1.54, 1.807) is 7.11 Å². The second-order valence-electron chi connectivity index (χ2n) is 3.73. The van der Waals surface area contributed by atoms with Crippen molar-refractivity contribution in [1.29, 1.82) is 0 Å². The van der Waals surface area contributed by atoms with Crippen LogP contribution >= 0.6 is 11.6 Å². The molecular weight excluding hydrogens is 224 g/mol. The molecule has 16 heavy (non-hydrogen) atoms. The van der Waals surface area contributed by atoms with Crippen LogP contribution < -0.4 is 11.1 Å². The molecule has 0 saturated carbocycles. The molecule has 1 aromatic carbocycles. The molecule has 0 amide bonds. The maximum atomic E-state index is 5.82. The largest absolute Gasteiger partial charge is 0.383 e. The van der Waals surface area contributed by atoms with Gasteiger partial charge in [-0.15, -0.1) is 0 Å². The second kappa shape index (κ2) is 7.49. The Kier molecular flexibility index (Phi) is 6.23. The number of methoxy groups -OCH3 is 1.